The number of hydrogen-bond donors (Lipinski definition) is 1. The molecule has 0 atom stereocenters. The molecule has 3 rings (SSSR count). The number of anilines is 1. The van der Waals surface area contributed by atoms with E-state index in [1.807, 2.05) is 24.3 Å². The highest BCUT2D eigenvalue weighted by atomic mass is 19.4. The normalized spacial score (nSPS) is 14.4. The van der Waals surface area contributed by atoms with Crippen LogP contribution in [0.4, 0.5) is 18.9 Å². The molecule has 1 aliphatic rings. The molecule has 0 saturated carbocycles. The second kappa shape index (κ2) is 9.06. The summed E-state index contributed by atoms with van der Waals surface area (Å²) in [5.74, 6) is -0.0687. The zero-order valence-corrected chi connectivity index (χ0v) is 16.4. The molecule has 2 aromatic rings. The van der Waals surface area contributed by atoms with Crippen LogP contribution in [0.25, 0.3) is 0 Å². The van der Waals surface area contributed by atoms with Gasteiger partial charge in [0.2, 0.25) is 5.91 Å². The minimum Gasteiger partial charge on any atom is -0.495 e. The maximum Gasteiger partial charge on any atom is 0.416 e. The number of piperazine rings is 1. The first-order chi connectivity index (χ1) is 14.3. The van der Waals surface area contributed by atoms with Crippen LogP contribution in [0.3, 0.4) is 0 Å². The van der Waals surface area contributed by atoms with Crippen molar-refractivity contribution in [2.45, 2.75) is 6.18 Å². The summed E-state index contributed by atoms with van der Waals surface area (Å²) in [6.07, 6.45) is -4.46. The van der Waals surface area contributed by atoms with Crippen molar-refractivity contribution in [3.05, 3.63) is 59.7 Å². The van der Waals surface area contributed by atoms with Gasteiger partial charge in [-0.3, -0.25) is 9.59 Å². The number of hydrogen-bond acceptors (Lipinski definition) is 4. The Labute approximate surface area is 172 Å². The van der Waals surface area contributed by atoms with E-state index < -0.39 is 17.6 Å². The lowest BCUT2D eigenvalue weighted by Crippen LogP contribution is -2.51. The van der Waals surface area contributed by atoms with Gasteiger partial charge in [0.1, 0.15) is 5.75 Å². The number of carbonyl (C=O) groups excluding carboxylic acids is 2. The monoisotopic (exact) mass is 421 g/mol. The third-order valence-corrected chi connectivity index (χ3v) is 4.93. The van der Waals surface area contributed by atoms with Crippen LogP contribution in [0.5, 0.6) is 5.75 Å². The van der Waals surface area contributed by atoms with Crippen LogP contribution in [0, 0.1) is 0 Å². The lowest BCUT2D eigenvalue weighted by molar-refractivity contribution is -0.137. The Morgan fingerprint density at radius 2 is 1.63 bits per heavy atom. The number of nitrogens with zero attached hydrogens (tertiary/aromatic N) is 2. The summed E-state index contributed by atoms with van der Waals surface area (Å²) in [7, 11) is 1.61. The molecule has 1 aliphatic heterocycles. The summed E-state index contributed by atoms with van der Waals surface area (Å²) in [5.41, 5.74) is 0.197. The fourth-order valence-electron chi connectivity index (χ4n) is 3.27. The van der Waals surface area contributed by atoms with E-state index in [9.17, 15) is 22.8 Å². The van der Waals surface area contributed by atoms with Crippen LogP contribution < -0.4 is 15.0 Å². The molecule has 6 nitrogen and oxygen atoms in total. The molecular weight excluding hydrogens is 399 g/mol. The minimum absolute atomic E-state index is 0.0665. The molecule has 0 spiro atoms. The average molecular weight is 421 g/mol. The highest BCUT2D eigenvalue weighted by molar-refractivity contribution is 5.96. The van der Waals surface area contributed by atoms with Crippen LogP contribution in [0.1, 0.15) is 15.9 Å². The van der Waals surface area contributed by atoms with Gasteiger partial charge in [0.25, 0.3) is 5.91 Å². The van der Waals surface area contributed by atoms with Crippen molar-refractivity contribution in [2.75, 3.05) is 44.7 Å². The summed E-state index contributed by atoms with van der Waals surface area (Å²) in [4.78, 5) is 28.3. The van der Waals surface area contributed by atoms with Crippen molar-refractivity contribution in [1.82, 2.24) is 10.2 Å². The van der Waals surface area contributed by atoms with Crippen molar-refractivity contribution >= 4 is 17.5 Å². The first kappa shape index (κ1) is 21.5. The number of rotatable bonds is 5. The van der Waals surface area contributed by atoms with E-state index in [2.05, 4.69) is 10.2 Å². The molecule has 2 amide bonds. The van der Waals surface area contributed by atoms with Gasteiger partial charge in [-0.15, -0.1) is 0 Å². The quantitative estimate of drug-likeness (QED) is 0.807. The van der Waals surface area contributed by atoms with E-state index in [-0.39, 0.29) is 18.0 Å². The maximum absolute atomic E-state index is 12.6. The molecule has 9 heteroatoms. The highest BCUT2D eigenvalue weighted by Gasteiger charge is 2.30. The van der Waals surface area contributed by atoms with Gasteiger partial charge in [0.05, 0.1) is 24.9 Å². The Balaban J connectivity index is 1.49. The van der Waals surface area contributed by atoms with Crippen LogP contribution in [-0.4, -0.2) is 56.5 Å². The van der Waals surface area contributed by atoms with Gasteiger partial charge >= 0.3 is 6.18 Å². The standard InChI is InChI=1S/C21H22F3N3O3/c1-30-18-5-3-2-4-17(18)26-10-12-27(13-11-26)19(28)14-25-20(29)15-6-8-16(9-7-15)21(22,23)24/h2-9H,10-14H2,1H3,(H,25,29). The molecule has 1 saturated heterocycles. The van der Waals surface area contributed by atoms with Gasteiger partial charge in [0.15, 0.2) is 0 Å². The molecule has 1 heterocycles. The van der Waals surface area contributed by atoms with E-state index in [0.717, 1.165) is 35.7 Å². The van der Waals surface area contributed by atoms with Crippen LogP contribution in [0.15, 0.2) is 48.5 Å². The third-order valence-electron chi connectivity index (χ3n) is 4.93. The van der Waals surface area contributed by atoms with Gasteiger partial charge in [-0.2, -0.15) is 13.2 Å². The number of carbonyl (C=O) groups is 2. The molecule has 30 heavy (non-hydrogen) atoms. The molecule has 2 aromatic carbocycles. The van der Waals surface area contributed by atoms with Gasteiger partial charge in [0, 0.05) is 31.7 Å². The number of para-hydroxylation sites is 2. The van der Waals surface area contributed by atoms with Crippen LogP contribution in [0.2, 0.25) is 0 Å². The Kier molecular flexibility index (Phi) is 6.49. The van der Waals surface area contributed by atoms with E-state index in [1.54, 1.807) is 12.0 Å². The smallest absolute Gasteiger partial charge is 0.416 e. The fourth-order valence-corrected chi connectivity index (χ4v) is 3.27. The van der Waals surface area contributed by atoms with Crippen LogP contribution in [-0.2, 0) is 11.0 Å². The Morgan fingerprint density at radius 1 is 1.00 bits per heavy atom. The third kappa shape index (κ3) is 5.03. The Bertz CT molecular complexity index is 892. The number of amides is 2. The Morgan fingerprint density at radius 3 is 2.23 bits per heavy atom. The minimum atomic E-state index is -4.46. The van der Waals surface area contributed by atoms with Crippen molar-refractivity contribution in [2.24, 2.45) is 0 Å². The number of halogens is 3. The first-order valence-electron chi connectivity index (χ1n) is 9.41. The summed E-state index contributed by atoms with van der Waals surface area (Å²) in [6.45, 7) is 2.02. The SMILES string of the molecule is COc1ccccc1N1CCN(C(=O)CNC(=O)c2ccc(C(F)(F)F)cc2)CC1. The Hall–Kier alpha value is -3.23. The first-order valence-corrected chi connectivity index (χ1v) is 9.41. The largest absolute Gasteiger partial charge is 0.495 e. The lowest BCUT2D eigenvalue weighted by atomic mass is 10.1. The zero-order valence-electron chi connectivity index (χ0n) is 16.4. The average Bonchev–Trinajstić information content (AvgIpc) is 2.76. The van der Waals surface area contributed by atoms with Crippen molar-refractivity contribution in [3.8, 4) is 5.75 Å². The lowest BCUT2D eigenvalue weighted by Gasteiger charge is -2.36. The van der Waals surface area contributed by atoms with E-state index in [4.69, 9.17) is 4.74 Å². The van der Waals surface area contributed by atoms with Gasteiger partial charge < -0.3 is 19.9 Å². The number of methoxy groups -OCH3 is 1. The number of nitrogens with one attached hydrogen (secondary N) is 1. The maximum atomic E-state index is 12.6. The summed E-state index contributed by atoms with van der Waals surface area (Å²) >= 11 is 0. The molecule has 1 fully saturated rings. The van der Waals surface area contributed by atoms with Crippen molar-refractivity contribution < 1.29 is 27.5 Å². The molecule has 0 aromatic heterocycles. The van der Waals surface area contributed by atoms with E-state index >= 15 is 0 Å². The molecule has 1 N–H and O–H groups in total. The van der Waals surface area contributed by atoms with E-state index in [0.29, 0.717) is 26.2 Å². The fraction of sp³-hybridized carbons (Fsp3) is 0.333. The second-order valence-corrected chi connectivity index (χ2v) is 6.80. The molecule has 0 radical (unpaired) electrons. The number of alkyl halides is 3. The van der Waals surface area contributed by atoms with Crippen LogP contribution >= 0.6 is 0 Å². The highest BCUT2D eigenvalue weighted by Crippen LogP contribution is 2.29. The molecule has 160 valence electrons. The number of benzene rings is 2. The van der Waals surface area contributed by atoms with Gasteiger partial charge in [-0.05, 0) is 36.4 Å². The molecule has 0 bridgehead atoms. The summed E-state index contributed by atoms with van der Waals surface area (Å²) in [6, 6.07) is 11.5. The molecular formula is C21H22F3N3O3. The second-order valence-electron chi connectivity index (χ2n) is 6.80. The summed E-state index contributed by atoms with van der Waals surface area (Å²) < 4.78 is 43.2. The molecule has 0 aliphatic carbocycles. The van der Waals surface area contributed by atoms with Crippen molar-refractivity contribution in [1.29, 1.82) is 0 Å². The van der Waals surface area contributed by atoms with Crippen molar-refractivity contribution in [3.63, 3.8) is 0 Å². The molecule has 0 unspecified atom stereocenters. The summed E-state index contributed by atoms with van der Waals surface area (Å²) in [5, 5.41) is 2.47. The zero-order chi connectivity index (χ0) is 21.7. The van der Waals surface area contributed by atoms with Gasteiger partial charge in [-0.25, -0.2) is 0 Å². The topological polar surface area (TPSA) is 61.9 Å². The number of ether oxygens (including phenoxy) is 1. The predicted molar refractivity (Wildman–Crippen MR) is 106 cm³/mol. The van der Waals surface area contributed by atoms with Gasteiger partial charge in [-0.1, -0.05) is 12.1 Å². The van der Waals surface area contributed by atoms with E-state index in [1.165, 1.54) is 0 Å². The predicted octanol–water partition coefficient (Wildman–Crippen LogP) is 2.79.